The van der Waals surface area contributed by atoms with E-state index in [1.54, 1.807) is 7.11 Å². The Morgan fingerprint density at radius 1 is 1.17 bits per heavy atom. The number of methoxy groups -OCH3 is 1. The molecule has 2 saturated carbocycles. The Morgan fingerprint density at radius 3 is 2.67 bits per heavy atom. The predicted molar refractivity (Wildman–Crippen MR) is 140 cm³/mol. The molecular weight excluding hydrogens is 472 g/mol. The highest BCUT2D eigenvalue weighted by molar-refractivity contribution is 7.17. The van der Waals surface area contributed by atoms with Crippen LogP contribution in [-0.4, -0.2) is 58.3 Å². The molecule has 5 heterocycles. The van der Waals surface area contributed by atoms with Gasteiger partial charge in [0.2, 0.25) is 0 Å². The number of ether oxygens (including phenoxy) is 2. The highest BCUT2D eigenvalue weighted by atomic mass is 32.1. The Kier molecular flexibility index (Phi) is 4.48. The topological polar surface area (TPSA) is 61.5 Å². The quantitative estimate of drug-likeness (QED) is 0.377. The molecule has 2 atom stereocenters. The molecule has 7 nitrogen and oxygen atoms in total. The molecular formula is C28H30N4O3S. The zero-order chi connectivity index (χ0) is 24.1. The lowest BCUT2D eigenvalue weighted by atomic mass is 10.00. The predicted octanol–water partition coefficient (Wildman–Crippen LogP) is 4.88. The molecule has 0 radical (unpaired) electrons. The van der Waals surface area contributed by atoms with Gasteiger partial charge in [0.05, 0.1) is 41.8 Å². The number of amides is 1. The summed E-state index contributed by atoms with van der Waals surface area (Å²) in [6.45, 7) is 4.43. The first-order valence-electron chi connectivity index (χ1n) is 13.1. The van der Waals surface area contributed by atoms with E-state index in [0.29, 0.717) is 29.1 Å². The number of hydrogen-bond donors (Lipinski definition) is 0. The van der Waals surface area contributed by atoms with Gasteiger partial charge < -0.3 is 23.5 Å². The van der Waals surface area contributed by atoms with Gasteiger partial charge in [-0.25, -0.2) is 4.98 Å². The van der Waals surface area contributed by atoms with E-state index in [9.17, 15) is 4.79 Å². The minimum Gasteiger partial charge on any atom is -0.494 e. The molecule has 8 heteroatoms. The van der Waals surface area contributed by atoms with Crippen molar-refractivity contribution in [2.24, 2.45) is 24.8 Å². The third-order valence-electron chi connectivity index (χ3n) is 8.76. The van der Waals surface area contributed by atoms with Gasteiger partial charge >= 0.3 is 0 Å². The second-order valence-electron chi connectivity index (χ2n) is 11.2. The van der Waals surface area contributed by atoms with E-state index in [1.165, 1.54) is 35.0 Å². The van der Waals surface area contributed by atoms with Crippen LogP contribution in [0.1, 0.15) is 41.1 Å². The maximum atomic E-state index is 13.3. The van der Waals surface area contributed by atoms with Crippen molar-refractivity contribution in [2.75, 3.05) is 33.4 Å². The zero-order valence-corrected chi connectivity index (χ0v) is 21.5. The Hall–Kier alpha value is -2.84. The first-order chi connectivity index (χ1) is 17.6. The highest BCUT2D eigenvalue weighted by Gasteiger charge is 2.46. The molecule has 36 heavy (non-hydrogen) atoms. The summed E-state index contributed by atoms with van der Waals surface area (Å²) >= 11 is 1.82. The number of thiophene rings is 1. The average Bonchev–Trinajstić information content (AvgIpc) is 3.63. The van der Waals surface area contributed by atoms with Crippen molar-refractivity contribution in [2.45, 2.75) is 31.7 Å². The van der Waals surface area contributed by atoms with Crippen LogP contribution in [0.15, 0.2) is 23.6 Å². The summed E-state index contributed by atoms with van der Waals surface area (Å²) in [4.78, 5) is 20.4. The van der Waals surface area contributed by atoms with Crippen LogP contribution in [0.2, 0.25) is 0 Å². The molecule has 8 rings (SSSR count). The Labute approximate surface area is 213 Å². The fourth-order valence-corrected chi connectivity index (χ4v) is 7.38. The van der Waals surface area contributed by atoms with Crippen LogP contribution in [0.3, 0.4) is 0 Å². The van der Waals surface area contributed by atoms with Crippen molar-refractivity contribution in [1.82, 2.24) is 19.0 Å². The molecule has 1 aromatic carbocycles. The summed E-state index contributed by atoms with van der Waals surface area (Å²) in [5.74, 6) is 4.39. The van der Waals surface area contributed by atoms with Gasteiger partial charge in [-0.3, -0.25) is 4.79 Å². The third-order valence-corrected chi connectivity index (χ3v) is 9.70. The van der Waals surface area contributed by atoms with Crippen LogP contribution in [-0.2, 0) is 18.3 Å². The second kappa shape index (κ2) is 7.59. The number of likely N-dealkylation sites (tertiary alicyclic amines) is 1. The molecule has 1 unspecified atom stereocenters. The van der Waals surface area contributed by atoms with E-state index >= 15 is 0 Å². The van der Waals surface area contributed by atoms with Crippen LogP contribution in [0.4, 0.5) is 0 Å². The second-order valence-corrected chi connectivity index (χ2v) is 12.1. The summed E-state index contributed by atoms with van der Waals surface area (Å²) in [6.07, 6.45) is 3.87. The van der Waals surface area contributed by atoms with E-state index in [0.717, 1.165) is 61.3 Å². The number of piperidine rings is 1. The first kappa shape index (κ1) is 21.3. The highest BCUT2D eigenvalue weighted by Crippen LogP contribution is 2.46. The molecule has 0 spiro atoms. The minimum atomic E-state index is 0.0968. The molecule has 4 aliphatic rings. The van der Waals surface area contributed by atoms with Crippen LogP contribution in [0, 0.1) is 17.8 Å². The number of carbonyl (C=O) groups excluding carboxylic acids is 1. The monoisotopic (exact) mass is 502 g/mol. The van der Waals surface area contributed by atoms with Gasteiger partial charge in [0.25, 0.3) is 5.91 Å². The standard InChI is InChI=1S/C28H30N4O3S/c1-30-26-21(6-16(7-23(26)34-2)28(33)31-10-17-5-18(17)11-31)29-27(30)22-8-24-25(32(22)9-15-3-4-15)20(14-36-24)19-12-35-13-19/h6-8,14-15,17-19H,3-5,9-13H2,1-2H3/t17-,18?/m0/s1. The number of carbonyl (C=O) groups is 1. The number of imidazole rings is 1. The van der Waals surface area contributed by atoms with Crippen molar-refractivity contribution < 1.29 is 14.3 Å². The molecule has 0 bridgehead atoms. The van der Waals surface area contributed by atoms with Crippen molar-refractivity contribution in [3.63, 3.8) is 0 Å². The Balaban J connectivity index is 1.26. The van der Waals surface area contributed by atoms with Crippen molar-refractivity contribution in [1.29, 1.82) is 0 Å². The molecule has 1 amide bonds. The van der Waals surface area contributed by atoms with Crippen LogP contribution in [0.5, 0.6) is 5.75 Å². The number of hydrogen-bond acceptors (Lipinski definition) is 5. The molecule has 2 aliphatic heterocycles. The largest absolute Gasteiger partial charge is 0.494 e. The van der Waals surface area contributed by atoms with Gasteiger partial charge in [0, 0.05) is 38.2 Å². The number of aromatic nitrogens is 3. The number of rotatable bonds is 6. The van der Waals surface area contributed by atoms with Gasteiger partial charge in [-0.05, 0) is 66.2 Å². The number of nitrogens with zero attached hydrogens (tertiary/aromatic N) is 4. The zero-order valence-electron chi connectivity index (χ0n) is 20.7. The van der Waals surface area contributed by atoms with Crippen molar-refractivity contribution in [3.05, 3.63) is 34.7 Å². The minimum absolute atomic E-state index is 0.0968. The Bertz CT molecular complexity index is 1530. The Morgan fingerprint density at radius 2 is 1.97 bits per heavy atom. The van der Waals surface area contributed by atoms with Gasteiger partial charge in [-0.2, -0.15) is 0 Å². The van der Waals surface area contributed by atoms with Crippen LogP contribution < -0.4 is 4.74 Å². The summed E-state index contributed by atoms with van der Waals surface area (Å²) in [7, 11) is 3.74. The van der Waals surface area contributed by atoms with Gasteiger partial charge in [0.1, 0.15) is 11.3 Å². The SMILES string of the molecule is COc1cc(C(=O)N2CC3C[C@H]3C2)cc2nc(-c3cc4scc(C5COC5)c4n3CC3CC3)n(C)c12. The van der Waals surface area contributed by atoms with Crippen molar-refractivity contribution in [3.8, 4) is 17.3 Å². The average molecular weight is 503 g/mol. The van der Waals surface area contributed by atoms with Crippen LogP contribution >= 0.6 is 11.3 Å². The summed E-state index contributed by atoms with van der Waals surface area (Å²) < 4.78 is 17.3. The third kappa shape index (κ3) is 3.13. The number of fused-ring (bicyclic) bond motifs is 3. The fraction of sp³-hybridized carbons (Fsp3) is 0.500. The number of benzene rings is 1. The summed E-state index contributed by atoms with van der Waals surface area (Å²) in [5.41, 5.74) is 6.35. The molecule has 4 fully saturated rings. The molecule has 2 aliphatic carbocycles. The molecule has 3 aromatic heterocycles. The first-order valence-corrected chi connectivity index (χ1v) is 14.0. The summed E-state index contributed by atoms with van der Waals surface area (Å²) in [6, 6.07) is 6.17. The van der Waals surface area contributed by atoms with E-state index < -0.39 is 0 Å². The maximum Gasteiger partial charge on any atom is 0.254 e. The van der Waals surface area contributed by atoms with E-state index in [1.807, 2.05) is 28.4 Å². The van der Waals surface area contributed by atoms with Crippen molar-refractivity contribution >= 4 is 38.5 Å². The molecule has 186 valence electrons. The summed E-state index contributed by atoms with van der Waals surface area (Å²) in [5, 5.41) is 2.32. The van der Waals surface area contributed by atoms with Gasteiger partial charge in [-0.1, -0.05) is 0 Å². The van der Waals surface area contributed by atoms with E-state index in [2.05, 4.69) is 27.6 Å². The van der Waals surface area contributed by atoms with Crippen LogP contribution in [0.25, 0.3) is 32.8 Å². The molecule has 0 N–H and O–H groups in total. The fourth-order valence-electron chi connectivity index (χ4n) is 6.30. The smallest absolute Gasteiger partial charge is 0.254 e. The number of aryl methyl sites for hydroxylation is 1. The molecule has 4 aromatic rings. The molecule has 2 saturated heterocycles. The van der Waals surface area contributed by atoms with Gasteiger partial charge in [0.15, 0.2) is 5.82 Å². The maximum absolute atomic E-state index is 13.3. The van der Waals surface area contributed by atoms with Gasteiger partial charge in [-0.15, -0.1) is 11.3 Å². The lowest BCUT2D eigenvalue weighted by molar-refractivity contribution is 0.00901. The lowest BCUT2D eigenvalue weighted by Gasteiger charge is -2.26. The lowest BCUT2D eigenvalue weighted by Crippen LogP contribution is -2.30. The normalized spacial score (nSPS) is 23.4. The van der Waals surface area contributed by atoms with E-state index in [-0.39, 0.29) is 5.91 Å². The van der Waals surface area contributed by atoms with E-state index in [4.69, 9.17) is 14.5 Å².